The summed E-state index contributed by atoms with van der Waals surface area (Å²) in [7, 11) is -2.85. The highest BCUT2D eigenvalue weighted by atomic mass is 32.2. The fourth-order valence-electron chi connectivity index (χ4n) is 2.98. The molecule has 1 atom stereocenters. The van der Waals surface area contributed by atoms with E-state index in [9.17, 15) is 8.42 Å². The van der Waals surface area contributed by atoms with Crippen molar-refractivity contribution >= 4 is 9.84 Å². The summed E-state index contributed by atoms with van der Waals surface area (Å²) >= 11 is 0. The van der Waals surface area contributed by atoms with E-state index in [1.807, 2.05) is 0 Å². The van der Waals surface area contributed by atoms with E-state index >= 15 is 0 Å². The van der Waals surface area contributed by atoms with Gasteiger partial charge in [0.25, 0.3) is 0 Å². The van der Waals surface area contributed by atoms with Crippen LogP contribution in [0.3, 0.4) is 0 Å². The van der Waals surface area contributed by atoms with Crippen molar-refractivity contribution in [2.75, 3.05) is 13.1 Å². The summed E-state index contributed by atoms with van der Waals surface area (Å²) in [6.07, 6.45) is 7.95. The van der Waals surface area contributed by atoms with Crippen molar-refractivity contribution in [2.45, 2.75) is 61.9 Å². The lowest BCUT2D eigenvalue weighted by atomic mass is 10.0. The Morgan fingerprint density at radius 1 is 0.750 bits per heavy atom. The van der Waals surface area contributed by atoms with Gasteiger partial charge in [-0.05, 0) is 45.2 Å². The molecule has 1 unspecified atom stereocenters. The lowest BCUT2D eigenvalue weighted by Gasteiger charge is -2.26. The van der Waals surface area contributed by atoms with Gasteiger partial charge in [-0.15, -0.1) is 0 Å². The summed E-state index contributed by atoms with van der Waals surface area (Å²) in [5.41, 5.74) is 0. The van der Waals surface area contributed by atoms with Gasteiger partial charge in [0.05, 0.1) is 10.5 Å². The van der Waals surface area contributed by atoms with Crippen molar-refractivity contribution < 1.29 is 8.42 Å². The molecule has 0 aromatic heterocycles. The van der Waals surface area contributed by atoms with Gasteiger partial charge in [0.2, 0.25) is 0 Å². The highest BCUT2D eigenvalue weighted by Crippen LogP contribution is 2.29. The summed E-state index contributed by atoms with van der Waals surface area (Å²) in [5, 5.41) is 3.20. The molecule has 2 aliphatic rings. The van der Waals surface area contributed by atoms with Crippen LogP contribution in [0.2, 0.25) is 0 Å². The first-order chi connectivity index (χ1) is 7.71. The molecule has 0 bridgehead atoms. The van der Waals surface area contributed by atoms with Gasteiger partial charge in [0.15, 0.2) is 9.84 Å². The van der Waals surface area contributed by atoms with Crippen molar-refractivity contribution in [3.05, 3.63) is 0 Å². The molecule has 16 heavy (non-hydrogen) atoms. The zero-order valence-electron chi connectivity index (χ0n) is 9.95. The minimum atomic E-state index is -2.85. The Hall–Kier alpha value is -0.0900. The Morgan fingerprint density at radius 2 is 1.38 bits per heavy atom. The fraction of sp³-hybridized carbons (Fsp3) is 1.00. The van der Waals surface area contributed by atoms with Crippen LogP contribution in [-0.4, -0.2) is 32.0 Å². The van der Waals surface area contributed by atoms with Crippen molar-refractivity contribution in [3.63, 3.8) is 0 Å². The number of sulfone groups is 1. The van der Waals surface area contributed by atoms with Crippen LogP contribution in [0.4, 0.5) is 0 Å². The molecule has 0 amide bonds. The molecule has 0 aromatic carbocycles. The number of hydrogen-bond donors (Lipinski definition) is 1. The van der Waals surface area contributed by atoms with Crippen molar-refractivity contribution in [1.82, 2.24) is 5.32 Å². The molecule has 0 radical (unpaired) electrons. The SMILES string of the molecule is O=S(=O)(C1CCCCC1)C1CCCNCC1. The van der Waals surface area contributed by atoms with Crippen LogP contribution in [-0.2, 0) is 9.84 Å². The summed E-state index contributed by atoms with van der Waals surface area (Å²) in [4.78, 5) is 0. The minimum absolute atomic E-state index is 0.0238. The van der Waals surface area contributed by atoms with Gasteiger partial charge >= 0.3 is 0 Å². The van der Waals surface area contributed by atoms with Gasteiger partial charge < -0.3 is 5.32 Å². The van der Waals surface area contributed by atoms with Crippen LogP contribution in [0.15, 0.2) is 0 Å². The molecule has 1 saturated carbocycles. The Morgan fingerprint density at radius 3 is 2.12 bits per heavy atom. The lowest BCUT2D eigenvalue weighted by Crippen LogP contribution is -2.34. The van der Waals surface area contributed by atoms with Crippen molar-refractivity contribution in [2.24, 2.45) is 0 Å². The highest BCUT2D eigenvalue weighted by Gasteiger charge is 2.34. The summed E-state index contributed by atoms with van der Waals surface area (Å²) in [6, 6.07) is 0. The average Bonchev–Trinajstić information content (AvgIpc) is 2.59. The molecular weight excluding hydrogens is 222 g/mol. The number of rotatable bonds is 2. The largest absolute Gasteiger partial charge is 0.317 e. The molecule has 1 N–H and O–H groups in total. The van der Waals surface area contributed by atoms with Crippen molar-refractivity contribution in [3.8, 4) is 0 Å². The van der Waals surface area contributed by atoms with E-state index in [0.717, 1.165) is 58.0 Å². The van der Waals surface area contributed by atoms with Gasteiger partial charge in [-0.2, -0.15) is 0 Å². The third-order valence-electron chi connectivity index (χ3n) is 4.00. The van der Waals surface area contributed by atoms with E-state index in [0.29, 0.717) is 0 Å². The van der Waals surface area contributed by atoms with Gasteiger partial charge in [-0.25, -0.2) is 8.42 Å². The molecular formula is C12H23NO2S. The highest BCUT2D eigenvalue weighted by molar-refractivity contribution is 7.92. The third-order valence-corrected chi connectivity index (χ3v) is 6.81. The topological polar surface area (TPSA) is 46.2 Å². The summed E-state index contributed by atoms with van der Waals surface area (Å²) in [5.74, 6) is 0. The molecule has 1 saturated heterocycles. The average molecular weight is 245 g/mol. The molecule has 94 valence electrons. The molecule has 1 aliphatic carbocycles. The van der Waals surface area contributed by atoms with Crippen LogP contribution >= 0.6 is 0 Å². The molecule has 2 fully saturated rings. The van der Waals surface area contributed by atoms with Crippen LogP contribution in [0.5, 0.6) is 0 Å². The Bertz CT molecular complexity index is 299. The molecule has 3 nitrogen and oxygen atoms in total. The quantitative estimate of drug-likeness (QED) is 0.808. The maximum absolute atomic E-state index is 12.5. The molecule has 0 spiro atoms. The van der Waals surface area contributed by atoms with Gasteiger partial charge in [-0.3, -0.25) is 0 Å². The van der Waals surface area contributed by atoms with Gasteiger partial charge in [0.1, 0.15) is 0 Å². The molecule has 2 rings (SSSR count). The van der Waals surface area contributed by atoms with Crippen LogP contribution in [0, 0.1) is 0 Å². The van der Waals surface area contributed by atoms with Gasteiger partial charge in [0, 0.05) is 0 Å². The van der Waals surface area contributed by atoms with Crippen molar-refractivity contribution in [1.29, 1.82) is 0 Å². The fourth-order valence-corrected chi connectivity index (χ4v) is 5.46. The minimum Gasteiger partial charge on any atom is -0.317 e. The zero-order chi connectivity index (χ0) is 11.4. The predicted octanol–water partition coefficient (Wildman–Crippen LogP) is 1.88. The lowest BCUT2D eigenvalue weighted by molar-refractivity contribution is 0.473. The molecule has 4 heteroatoms. The number of hydrogen-bond acceptors (Lipinski definition) is 3. The Balaban J connectivity index is 2.03. The standard InChI is InChI=1S/C12H23NO2S/c14-16(15,11-5-2-1-3-6-11)12-7-4-9-13-10-8-12/h11-13H,1-10H2. The van der Waals surface area contributed by atoms with E-state index in [2.05, 4.69) is 5.32 Å². The first-order valence-corrected chi connectivity index (χ1v) is 8.25. The molecule has 0 aromatic rings. The third kappa shape index (κ3) is 2.77. The number of nitrogens with one attached hydrogen (secondary N) is 1. The first-order valence-electron chi connectivity index (χ1n) is 6.64. The maximum Gasteiger partial charge on any atom is 0.156 e. The van der Waals surface area contributed by atoms with E-state index in [1.54, 1.807) is 0 Å². The monoisotopic (exact) mass is 245 g/mol. The normalized spacial score (nSPS) is 29.9. The van der Waals surface area contributed by atoms with Crippen LogP contribution < -0.4 is 5.32 Å². The molecule has 1 aliphatic heterocycles. The second-order valence-electron chi connectivity index (χ2n) is 5.15. The second-order valence-corrected chi connectivity index (χ2v) is 7.66. The molecule has 1 heterocycles. The smallest absolute Gasteiger partial charge is 0.156 e. The van der Waals surface area contributed by atoms with Gasteiger partial charge in [-0.1, -0.05) is 19.3 Å². The van der Waals surface area contributed by atoms with Crippen LogP contribution in [0.1, 0.15) is 51.4 Å². The van der Waals surface area contributed by atoms with E-state index < -0.39 is 9.84 Å². The summed E-state index contributed by atoms with van der Waals surface area (Å²) < 4.78 is 24.9. The van der Waals surface area contributed by atoms with E-state index in [4.69, 9.17) is 0 Å². The van der Waals surface area contributed by atoms with Crippen LogP contribution in [0.25, 0.3) is 0 Å². The maximum atomic E-state index is 12.5. The zero-order valence-corrected chi connectivity index (χ0v) is 10.8. The Labute approximate surface area is 98.9 Å². The van der Waals surface area contributed by atoms with E-state index in [-0.39, 0.29) is 10.5 Å². The predicted molar refractivity (Wildman–Crippen MR) is 66.3 cm³/mol. The second kappa shape index (κ2) is 5.50. The van der Waals surface area contributed by atoms with E-state index in [1.165, 1.54) is 6.42 Å². The summed E-state index contributed by atoms with van der Waals surface area (Å²) in [6.45, 7) is 1.85. The first kappa shape index (κ1) is 12.4. The Kier molecular flexibility index (Phi) is 4.25.